The molecule has 4 nitrogen and oxygen atoms in total. The van der Waals surface area contributed by atoms with Crippen LogP contribution in [0.5, 0.6) is 0 Å². The average molecular weight is 161 g/mol. The van der Waals surface area contributed by atoms with Crippen LogP contribution in [0, 0.1) is 0 Å². The summed E-state index contributed by atoms with van der Waals surface area (Å²) in [6.07, 6.45) is -1.67. The Balaban J connectivity index is 2.69. The second kappa shape index (κ2) is 2.71. The molecule has 0 saturated carbocycles. The molecule has 0 bridgehead atoms. The summed E-state index contributed by atoms with van der Waals surface area (Å²) in [4.78, 5) is 0. The average Bonchev–Trinajstić information content (AvgIpc) is 2.13. The summed E-state index contributed by atoms with van der Waals surface area (Å²) in [6, 6.07) is -0.403. The fourth-order valence-electron chi connectivity index (χ4n) is 1.45. The van der Waals surface area contributed by atoms with Crippen LogP contribution in [0.1, 0.15) is 13.8 Å². The molecule has 0 aliphatic carbocycles. The maximum Gasteiger partial charge on any atom is 0.0992 e. The minimum atomic E-state index is -0.866. The molecule has 66 valence electrons. The minimum absolute atomic E-state index is 0.151. The second-order valence-electron chi connectivity index (χ2n) is 3.59. The van der Waals surface area contributed by atoms with Crippen LogP contribution in [0.15, 0.2) is 0 Å². The van der Waals surface area contributed by atoms with Crippen molar-refractivity contribution in [2.75, 3.05) is 6.61 Å². The molecule has 0 spiro atoms. The predicted octanol–water partition coefficient (Wildman–Crippen LogP) is -1.55. The first kappa shape index (κ1) is 8.93. The molecule has 1 fully saturated rings. The number of hydrogen-bond acceptors (Lipinski definition) is 4. The molecule has 1 aliphatic heterocycles. The lowest BCUT2D eigenvalue weighted by Crippen LogP contribution is -2.44. The van der Waals surface area contributed by atoms with E-state index in [2.05, 4.69) is 5.32 Å². The normalized spacial score (nSPS) is 42.8. The first-order valence-electron chi connectivity index (χ1n) is 3.73. The van der Waals surface area contributed by atoms with Gasteiger partial charge in [-0.3, -0.25) is 0 Å². The van der Waals surface area contributed by atoms with Gasteiger partial charge >= 0.3 is 0 Å². The summed E-state index contributed by atoms with van der Waals surface area (Å²) in [6.45, 7) is 3.43. The molecule has 4 N–H and O–H groups in total. The van der Waals surface area contributed by atoms with Crippen LogP contribution in [-0.2, 0) is 0 Å². The lowest BCUT2D eigenvalue weighted by Gasteiger charge is -2.22. The van der Waals surface area contributed by atoms with E-state index in [-0.39, 0.29) is 6.61 Å². The van der Waals surface area contributed by atoms with Gasteiger partial charge in [0.2, 0.25) is 0 Å². The molecule has 0 aromatic carbocycles. The Morgan fingerprint density at radius 2 is 1.91 bits per heavy atom. The topological polar surface area (TPSA) is 72.7 Å². The first-order valence-corrected chi connectivity index (χ1v) is 3.73. The Morgan fingerprint density at radius 3 is 2.09 bits per heavy atom. The molecule has 0 aromatic rings. The third kappa shape index (κ3) is 1.39. The SMILES string of the molecule is CC1(C)N[C@@H](CO)[C@H](O)[C@H]1O. The second-order valence-corrected chi connectivity index (χ2v) is 3.59. The summed E-state index contributed by atoms with van der Waals surface area (Å²) < 4.78 is 0. The van der Waals surface area contributed by atoms with Crippen LogP contribution in [0.3, 0.4) is 0 Å². The summed E-state index contributed by atoms with van der Waals surface area (Å²) in [5.41, 5.74) is -0.507. The van der Waals surface area contributed by atoms with Crippen LogP contribution < -0.4 is 5.32 Å². The van der Waals surface area contributed by atoms with Crippen LogP contribution in [0.4, 0.5) is 0 Å². The highest BCUT2D eigenvalue weighted by atomic mass is 16.3. The molecule has 1 heterocycles. The summed E-state index contributed by atoms with van der Waals surface area (Å²) in [5.74, 6) is 0. The minimum Gasteiger partial charge on any atom is -0.395 e. The van der Waals surface area contributed by atoms with E-state index in [0.29, 0.717) is 0 Å². The van der Waals surface area contributed by atoms with Gasteiger partial charge in [-0.1, -0.05) is 0 Å². The molecule has 0 radical (unpaired) electrons. The van der Waals surface area contributed by atoms with Crippen LogP contribution in [0.25, 0.3) is 0 Å². The van der Waals surface area contributed by atoms with E-state index in [1.54, 1.807) is 13.8 Å². The number of rotatable bonds is 1. The maximum absolute atomic E-state index is 9.40. The fourth-order valence-corrected chi connectivity index (χ4v) is 1.45. The van der Waals surface area contributed by atoms with E-state index in [1.807, 2.05) is 0 Å². The summed E-state index contributed by atoms with van der Waals surface area (Å²) in [5, 5.41) is 30.4. The Hall–Kier alpha value is -0.160. The molecule has 0 amide bonds. The zero-order chi connectivity index (χ0) is 8.65. The zero-order valence-electron chi connectivity index (χ0n) is 6.78. The van der Waals surface area contributed by atoms with Crippen molar-refractivity contribution in [3.05, 3.63) is 0 Å². The van der Waals surface area contributed by atoms with Gasteiger partial charge in [0.05, 0.1) is 24.9 Å². The molecular weight excluding hydrogens is 146 g/mol. The smallest absolute Gasteiger partial charge is 0.0992 e. The van der Waals surface area contributed by atoms with E-state index in [0.717, 1.165) is 0 Å². The van der Waals surface area contributed by atoms with Gasteiger partial charge in [-0.25, -0.2) is 0 Å². The van der Waals surface area contributed by atoms with Gasteiger partial charge in [-0.05, 0) is 13.8 Å². The number of hydrogen-bond donors (Lipinski definition) is 4. The van der Waals surface area contributed by atoms with E-state index >= 15 is 0 Å². The van der Waals surface area contributed by atoms with Crippen LogP contribution >= 0.6 is 0 Å². The van der Waals surface area contributed by atoms with Crippen molar-refractivity contribution >= 4 is 0 Å². The molecule has 1 rings (SSSR count). The van der Waals surface area contributed by atoms with Gasteiger partial charge in [-0.15, -0.1) is 0 Å². The highest BCUT2D eigenvalue weighted by Gasteiger charge is 2.45. The Bertz CT molecular complexity index is 149. The van der Waals surface area contributed by atoms with E-state index in [4.69, 9.17) is 5.11 Å². The molecule has 0 unspecified atom stereocenters. The number of aliphatic hydroxyl groups excluding tert-OH is 3. The van der Waals surface area contributed by atoms with E-state index in [9.17, 15) is 10.2 Å². The van der Waals surface area contributed by atoms with Gasteiger partial charge < -0.3 is 20.6 Å². The van der Waals surface area contributed by atoms with Gasteiger partial charge in [0.15, 0.2) is 0 Å². The van der Waals surface area contributed by atoms with Crippen molar-refractivity contribution in [3.8, 4) is 0 Å². The Kier molecular flexibility index (Phi) is 2.20. The van der Waals surface area contributed by atoms with Crippen molar-refractivity contribution in [2.24, 2.45) is 0 Å². The van der Waals surface area contributed by atoms with Crippen molar-refractivity contribution in [1.82, 2.24) is 5.32 Å². The number of aliphatic hydroxyl groups is 3. The highest BCUT2D eigenvalue weighted by Crippen LogP contribution is 2.23. The van der Waals surface area contributed by atoms with Gasteiger partial charge in [0.1, 0.15) is 0 Å². The Labute approximate surface area is 65.9 Å². The third-order valence-electron chi connectivity index (χ3n) is 2.23. The maximum atomic E-state index is 9.40. The van der Waals surface area contributed by atoms with Gasteiger partial charge in [0, 0.05) is 5.54 Å². The molecule has 0 aromatic heterocycles. The quantitative estimate of drug-likeness (QED) is 0.376. The highest BCUT2D eigenvalue weighted by molar-refractivity contribution is 5.04. The van der Waals surface area contributed by atoms with E-state index in [1.165, 1.54) is 0 Å². The largest absolute Gasteiger partial charge is 0.395 e. The van der Waals surface area contributed by atoms with Crippen LogP contribution in [-0.4, -0.2) is 45.7 Å². The fraction of sp³-hybridized carbons (Fsp3) is 1.00. The van der Waals surface area contributed by atoms with E-state index < -0.39 is 23.8 Å². The Morgan fingerprint density at radius 1 is 1.36 bits per heavy atom. The standard InChI is InChI=1S/C7H15NO3/c1-7(2)6(11)5(10)4(3-9)8-7/h4-6,8-11H,3H2,1-2H3/t4-,5-,6+/m0/s1. The molecule has 1 saturated heterocycles. The van der Waals surface area contributed by atoms with Crippen molar-refractivity contribution in [2.45, 2.75) is 37.6 Å². The molecular formula is C7H15NO3. The first-order chi connectivity index (χ1) is 4.99. The molecule has 11 heavy (non-hydrogen) atoms. The molecule has 3 atom stereocenters. The molecule has 4 heteroatoms. The zero-order valence-corrected chi connectivity index (χ0v) is 6.78. The predicted molar refractivity (Wildman–Crippen MR) is 40.1 cm³/mol. The van der Waals surface area contributed by atoms with Crippen LogP contribution in [0.2, 0.25) is 0 Å². The number of nitrogens with one attached hydrogen (secondary N) is 1. The van der Waals surface area contributed by atoms with Crippen molar-refractivity contribution in [1.29, 1.82) is 0 Å². The lowest BCUT2D eigenvalue weighted by atomic mass is 9.98. The third-order valence-corrected chi connectivity index (χ3v) is 2.23. The lowest BCUT2D eigenvalue weighted by molar-refractivity contribution is 0.00651. The molecule has 1 aliphatic rings. The summed E-state index contributed by atoms with van der Waals surface area (Å²) in [7, 11) is 0. The van der Waals surface area contributed by atoms with Crippen molar-refractivity contribution in [3.63, 3.8) is 0 Å². The van der Waals surface area contributed by atoms with Gasteiger partial charge in [-0.2, -0.15) is 0 Å². The summed E-state index contributed by atoms with van der Waals surface area (Å²) >= 11 is 0. The van der Waals surface area contributed by atoms with Crippen molar-refractivity contribution < 1.29 is 15.3 Å². The monoisotopic (exact) mass is 161 g/mol. The van der Waals surface area contributed by atoms with Gasteiger partial charge in [0.25, 0.3) is 0 Å².